The minimum absolute atomic E-state index is 0.679. The van der Waals surface area contributed by atoms with Gasteiger partial charge in [-0.2, -0.15) is 0 Å². The predicted molar refractivity (Wildman–Crippen MR) is 313 cm³/mol. The highest BCUT2D eigenvalue weighted by Gasteiger charge is 2.23. The third-order valence-corrected chi connectivity index (χ3v) is 16.7. The summed E-state index contributed by atoms with van der Waals surface area (Å²) in [5.41, 5.74) is 17.1. The highest BCUT2D eigenvalue weighted by Crippen LogP contribution is 2.44. The van der Waals surface area contributed by atoms with Gasteiger partial charge in [-0.05, 0) is 148 Å². The van der Waals surface area contributed by atoms with Gasteiger partial charge in [0, 0.05) is 69.4 Å². The number of nitrogens with one attached hydrogen (secondary N) is 1. The molecule has 0 saturated heterocycles. The van der Waals surface area contributed by atoms with Crippen LogP contribution in [-0.2, 0) is 0 Å². The van der Waals surface area contributed by atoms with Gasteiger partial charge in [0.1, 0.15) is 0 Å². The van der Waals surface area contributed by atoms with Crippen LogP contribution in [0.3, 0.4) is 0 Å². The highest BCUT2D eigenvalue weighted by atomic mass is 32.1. The van der Waals surface area contributed by atoms with Crippen LogP contribution in [0.15, 0.2) is 231 Å². The number of aromatic amines is 1. The van der Waals surface area contributed by atoms with E-state index in [-0.39, 0.29) is 0 Å². The van der Waals surface area contributed by atoms with Gasteiger partial charge in [0.15, 0.2) is 0 Å². The first-order valence-electron chi connectivity index (χ1n) is 25.4. The number of hydrogen-bond donors (Lipinski definition) is 1. The topological polar surface area (TPSA) is 51.4 Å². The highest BCUT2D eigenvalue weighted by molar-refractivity contribution is 7.22. The third kappa shape index (κ3) is 6.28. The van der Waals surface area contributed by atoms with Gasteiger partial charge < -0.3 is 9.55 Å². The fourth-order valence-corrected chi connectivity index (χ4v) is 13.1. The van der Waals surface area contributed by atoms with Gasteiger partial charge in [0.2, 0.25) is 5.95 Å². The zero-order valence-corrected chi connectivity index (χ0v) is 40.9. The molecule has 1 N–H and O–H groups in total. The van der Waals surface area contributed by atoms with Crippen molar-refractivity contribution in [1.82, 2.24) is 24.1 Å². The number of H-pyrrole nitrogens is 1. The standard InChI is InChI=1S/C68H43N5S/c1-4-15-42(16-5-1)64-40-55-63(74-64)35-30-58-66(55)67(43-17-6-2-7-18-43)71-68(70-58)73-61-33-28-47(39-54(61)65-49-21-11-10-14-41(49)25-34-62(65)73)46-27-32-60-53(38-46)52-37-45(26-31-59(52)72(60)48-19-8-3-9-20-48)44-24-29-57-51(36-44)50-22-12-13-23-56(50)69-57/h1-6,8-17,19-40,69H,7,18H2. The molecule has 0 amide bonds. The van der Waals surface area contributed by atoms with Crippen LogP contribution in [-0.4, -0.2) is 24.1 Å². The molecule has 0 bridgehead atoms. The van der Waals surface area contributed by atoms with Crippen molar-refractivity contribution in [1.29, 1.82) is 0 Å². The van der Waals surface area contributed by atoms with Crippen molar-refractivity contribution >= 4 is 114 Å². The molecule has 5 nitrogen and oxygen atoms in total. The molecular formula is C68H43N5S. The molecule has 0 fully saturated rings. The van der Waals surface area contributed by atoms with Crippen LogP contribution in [0.2, 0.25) is 0 Å². The van der Waals surface area contributed by atoms with Gasteiger partial charge in [0.05, 0.1) is 33.3 Å². The Hall–Kier alpha value is -9.36. The van der Waals surface area contributed by atoms with Crippen LogP contribution >= 0.6 is 11.3 Å². The van der Waals surface area contributed by atoms with Crippen molar-refractivity contribution in [3.05, 3.63) is 236 Å². The molecule has 1 aliphatic carbocycles. The molecule has 74 heavy (non-hydrogen) atoms. The van der Waals surface area contributed by atoms with E-state index < -0.39 is 0 Å². The van der Waals surface area contributed by atoms with Crippen LogP contribution in [0.1, 0.15) is 18.5 Å². The molecule has 1 aliphatic rings. The molecule has 6 heteroatoms. The Bertz CT molecular complexity index is 4890. The Balaban J connectivity index is 0.901. The molecule has 0 aliphatic heterocycles. The van der Waals surface area contributed by atoms with Gasteiger partial charge in [-0.3, -0.25) is 4.57 Å². The van der Waals surface area contributed by atoms with E-state index in [0.717, 1.165) is 68.3 Å². The molecule has 5 heterocycles. The summed E-state index contributed by atoms with van der Waals surface area (Å²) in [6, 6.07) is 77.8. The Morgan fingerprint density at radius 3 is 1.82 bits per heavy atom. The summed E-state index contributed by atoms with van der Waals surface area (Å²) in [7, 11) is 0. The summed E-state index contributed by atoms with van der Waals surface area (Å²) in [6.07, 6.45) is 8.59. The molecule has 0 unspecified atom stereocenters. The first kappa shape index (κ1) is 41.3. The predicted octanol–water partition coefficient (Wildman–Crippen LogP) is 18.6. The lowest BCUT2D eigenvalue weighted by Gasteiger charge is -2.15. The van der Waals surface area contributed by atoms with Crippen molar-refractivity contribution in [2.75, 3.05) is 0 Å². The van der Waals surface area contributed by atoms with Crippen LogP contribution in [0.25, 0.3) is 147 Å². The molecule has 10 aromatic carbocycles. The normalized spacial score (nSPS) is 13.1. The maximum absolute atomic E-state index is 5.66. The number of nitrogens with zero attached hydrogens (tertiary/aromatic N) is 4. The number of fused-ring (bicyclic) bond motifs is 14. The fraction of sp³-hybridized carbons (Fsp3) is 0.0294. The number of benzene rings is 10. The molecule has 15 aromatic rings. The average molecular weight is 962 g/mol. The van der Waals surface area contributed by atoms with Gasteiger partial charge in [-0.25, -0.2) is 9.97 Å². The monoisotopic (exact) mass is 961 g/mol. The van der Waals surface area contributed by atoms with Crippen molar-refractivity contribution in [2.24, 2.45) is 0 Å². The Morgan fingerprint density at radius 1 is 0.432 bits per heavy atom. The third-order valence-electron chi connectivity index (χ3n) is 15.5. The largest absolute Gasteiger partial charge is 0.355 e. The first-order valence-corrected chi connectivity index (χ1v) is 26.3. The van der Waals surface area contributed by atoms with E-state index in [0.29, 0.717) is 5.95 Å². The Kier molecular flexibility index (Phi) is 8.97. The molecule has 0 atom stereocenters. The van der Waals surface area contributed by atoms with Gasteiger partial charge in [-0.15, -0.1) is 11.3 Å². The van der Waals surface area contributed by atoms with E-state index >= 15 is 0 Å². The summed E-state index contributed by atoms with van der Waals surface area (Å²) in [4.78, 5) is 16.0. The number of thiophene rings is 1. The second-order valence-corrected chi connectivity index (χ2v) is 20.8. The maximum atomic E-state index is 5.66. The van der Waals surface area contributed by atoms with Gasteiger partial charge in [0.25, 0.3) is 0 Å². The molecule has 5 aromatic heterocycles. The zero-order chi connectivity index (χ0) is 48.4. The van der Waals surface area contributed by atoms with Gasteiger partial charge >= 0.3 is 0 Å². The summed E-state index contributed by atoms with van der Waals surface area (Å²) in [5.74, 6) is 0.679. The number of hydrogen-bond acceptors (Lipinski definition) is 3. The molecule has 0 radical (unpaired) electrons. The second-order valence-electron chi connectivity index (χ2n) is 19.7. The zero-order valence-electron chi connectivity index (χ0n) is 40.1. The van der Waals surface area contributed by atoms with E-state index in [1.165, 1.54) is 91.3 Å². The molecule has 0 saturated carbocycles. The van der Waals surface area contributed by atoms with E-state index in [9.17, 15) is 0 Å². The lowest BCUT2D eigenvalue weighted by Crippen LogP contribution is -2.05. The van der Waals surface area contributed by atoms with E-state index in [1.54, 1.807) is 0 Å². The number of rotatable bonds is 6. The minimum atomic E-state index is 0.679. The van der Waals surface area contributed by atoms with Crippen molar-refractivity contribution in [2.45, 2.75) is 12.8 Å². The van der Waals surface area contributed by atoms with Gasteiger partial charge in [-0.1, -0.05) is 140 Å². The smallest absolute Gasteiger partial charge is 0.235 e. The first-order chi connectivity index (χ1) is 36.7. The quantitative estimate of drug-likeness (QED) is 0.181. The van der Waals surface area contributed by atoms with Crippen LogP contribution < -0.4 is 0 Å². The molecule has 16 rings (SSSR count). The van der Waals surface area contributed by atoms with E-state index in [2.05, 4.69) is 245 Å². The summed E-state index contributed by atoms with van der Waals surface area (Å²) in [6.45, 7) is 0. The SMILES string of the molecule is C1=CCCC(c2nc(-n3c4ccc(-c5ccc6c(c5)c5cc(-c7ccc8[nH]c9ccccc9c8c7)ccc5n6-c5ccccc5)cc4c4c5ccccc5ccc43)nc3ccc4sc(-c5ccccc5)cc4c23)=C1. The van der Waals surface area contributed by atoms with Crippen LogP contribution in [0, 0.1) is 0 Å². The Labute approximate surface area is 429 Å². The Morgan fingerprint density at radius 2 is 1.07 bits per heavy atom. The van der Waals surface area contributed by atoms with Crippen LogP contribution in [0.5, 0.6) is 0 Å². The average Bonchev–Trinajstić information content (AvgIpc) is 4.24. The number of para-hydroxylation sites is 2. The fourth-order valence-electron chi connectivity index (χ4n) is 12.1. The van der Waals surface area contributed by atoms with Crippen molar-refractivity contribution < 1.29 is 0 Å². The second kappa shape index (κ2) is 16.1. The lowest BCUT2D eigenvalue weighted by atomic mass is 9.97. The number of aromatic nitrogens is 5. The summed E-state index contributed by atoms with van der Waals surface area (Å²) < 4.78 is 5.96. The lowest BCUT2D eigenvalue weighted by molar-refractivity contribution is 0.984. The van der Waals surface area contributed by atoms with Crippen molar-refractivity contribution in [3.63, 3.8) is 0 Å². The van der Waals surface area contributed by atoms with E-state index in [4.69, 9.17) is 9.97 Å². The minimum Gasteiger partial charge on any atom is -0.355 e. The summed E-state index contributed by atoms with van der Waals surface area (Å²) in [5, 5.41) is 12.0. The van der Waals surface area contributed by atoms with E-state index in [1.807, 2.05) is 11.3 Å². The van der Waals surface area contributed by atoms with Crippen LogP contribution in [0.4, 0.5) is 0 Å². The maximum Gasteiger partial charge on any atom is 0.235 e. The van der Waals surface area contributed by atoms with Crippen molar-refractivity contribution in [3.8, 4) is 44.3 Å². The molecule has 346 valence electrons. The number of allylic oxidation sites excluding steroid dienone is 4. The molecule has 0 spiro atoms. The summed E-state index contributed by atoms with van der Waals surface area (Å²) >= 11 is 1.83. The molecular weight excluding hydrogens is 919 g/mol.